The molecule has 0 aliphatic carbocycles. The van der Waals surface area contributed by atoms with E-state index in [1.54, 1.807) is 58.9 Å². The summed E-state index contributed by atoms with van der Waals surface area (Å²) in [5.41, 5.74) is 1.10. The SMILES string of the molecule is COC(=O)c1ccc(C#Cc2ccccc2S(=O)(=O)N(C(=O)OC(C)(C)C)c2ccc(OC)c(C)c2C)cn1. The number of sulfonamides is 1. The van der Waals surface area contributed by atoms with Gasteiger partial charge in [-0.1, -0.05) is 24.0 Å². The van der Waals surface area contributed by atoms with Crippen molar-refractivity contribution in [3.8, 4) is 17.6 Å². The lowest BCUT2D eigenvalue weighted by Crippen LogP contribution is -2.41. The van der Waals surface area contributed by atoms with Crippen LogP contribution in [0.4, 0.5) is 10.5 Å². The lowest BCUT2D eigenvalue weighted by molar-refractivity contribution is 0.0589. The van der Waals surface area contributed by atoms with E-state index >= 15 is 0 Å². The molecule has 0 radical (unpaired) electrons. The minimum atomic E-state index is -4.50. The summed E-state index contributed by atoms with van der Waals surface area (Å²) >= 11 is 0. The topological polar surface area (TPSA) is 112 Å². The van der Waals surface area contributed by atoms with Crippen molar-refractivity contribution >= 4 is 27.8 Å². The maximum Gasteiger partial charge on any atom is 0.429 e. The highest BCUT2D eigenvalue weighted by molar-refractivity contribution is 7.93. The second kappa shape index (κ2) is 11.6. The van der Waals surface area contributed by atoms with E-state index in [0.717, 1.165) is 0 Å². The molecule has 1 aromatic heterocycles. The van der Waals surface area contributed by atoms with E-state index < -0.39 is 27.7 Å². The molecule has 3 rings (SSSR count). The van der Waals surface area contributed by atoms with Crippen LogP contribution >= 0.6 is 0 Å². The van der Waals surface area contributed by atoms with Crippen LogP contribution in [0.3, 0.4) is 0 Å². The second-order valence-electron chi connectivity index (χ2n) is 9.46. The molecule has 0 saturated carbocycles. The molecule has 1 amide bonds. The first-order valence-corrected chi connectivity index (χ1v) is 13.3. The number of amides is 1. The van der Waals surface area contributed by atoms with Gasteiger partial charge in [-0.2, -0.15) is 4.31 Å². The van der Waals surface area contributed by atoms with Gasteiger partial charge in [-0.25, -0.2) is 23.0 Å². The first-order chi connectivity index (χ1) is 18.3. The van der Waals surface area contributed by atoms with Gasteiger partial charge in [0.15, 0.2) is 0 Å². The van der Waals surface area contributed by atoms with Crippen molar-refractivity contribution in [3.63, 3.8) is 0 Å². The molecule has 204 valence electrons. The van der Waals surface area contributed by atoms with Gasteiger partial charge in [0.2, 0.25) is 0 Å². The second-order valence-corrected chi connectivity index (χ2v) is 11.2. The zero-order valence-electron chi connectivity index (χ0n) is 22.9. The van der Waals surface area contributed by atoms with Crippen molar-refractivity contribution in [3.05, 3.63) is 82.7 Å². The van der Waals surface area contributed by atoms with Crippen molar-refractivity contribution in [1.29, 1.82) is 0 Å². The van der Waals surface area contributed by atoms with Crippen LogP contribution in [-0.2, 0) is 19.5 Å². The quantitative estimate of drug-likeness (QED) is 0.321. The molecule has 39 heavy (non-hydrogen) atoms. The van der Waals surface area contributed by atoms with Gasteiger partial charge in [-0.3, -0.25) is 0 Å². The van der Waals surface area contributed by atoms with E-state index in [1.165, 1.54) is 44.7 Å². The van der Waals surface area contributed by atoms with Crippen LogP contribution in [0.15, 0.2) is 59.6 Å². The Hall–Kier alpha value is -4.36. The molecule has 0 aliphatic heterocycles. The summed E-state index contributed by atoms with van der Waals surface area (Å²) in [4.78, 5) is 28.9. The molecular formula is C29H30N2O7S. The number of nitrogens with zero attached hydrogens (tertiary/aromatic N) is 2. The van der Waals surface area contributed by atoms with Crippen LogP contribution in [0.25, 0.3) is 0 Å². The number of methoxy groups -OCH3 is 2. The van der Waals surface area contributed by atoms with Gasteiger partial charge in [0.25, 0.3) is 10.0 Å². The number of rotatable bonds is 5. The van der Waals surface area contributed by atoms with Gasteiger partial charge < -0.3 is 14.2 Å². The smallest absolute Gasteiger partial charge is 0.429 e. The van der Waals surface area contributed by atoms with Crippen LogP contribution in [0.2, 0.25) is 0 Å². The number of ether oxygens (including phenoxy) is 3. The average Bonchev–Trinajstić information content (AvgIpc) is 2.89. The van der Waals surface area contributed by atoms with E-state index in [2.05, 4.69) is 21.6 Å². The number of anilines is 1. The van der Waals surface area contributed by atoms with Gasteiger partial charge in [0.1, 0.15) is 21.9 Å². The maximum atomic E-state index is 14.1. The minimum Gasteiger partial charge on any atom is -0.496 e. The highest BCUT2D eigenvalue weighted by atomic mass is 32.2. The lowest BCUT2D eigenvalue weighted by Gasteiger charge is -2.29. The number of hydrogen-bond acceptors (Lipinski definition) is 8. The summed E-state index contributed by atoms with van der Waals surface area (Å²) in [6.45, 7) is 8.44. The minimum absolute atomic E-state index is 0.115. The highest BCUT2D eigenvalue weighted by Gasteiger charge is 2.37. The van der Waals surface area contributed by atoms with Crippen molar-refractivity contribution in [2.24, 2.45) is 0 Å². The molecule has 0 unspecified atom stereocenters. The van der Waals surface area contributed by atoms with E-state index in [0.29, 0.717) is 26.7 Å². The standard InChI is InChI=1S/C29H30N2O7S/c1-19-20(2)25(36-6)17-16-24(19)31(28(33)38-29(3,4)5)39(34,35)26-11-9-8-10-22(26)14-12-21-13-15-23(30-18-21)27(32)37-7/h8-11,13,15-18H,1-7H3. The maximum absolute atomic E-state index is 14.1. The van der Waals surface area contributed by atoms with Gasteiger partial charge in [-0.05, 0) is 82.1 Å². The Morgan fingerprint density at radius 1 is 0.923 bits per heavy atom. The zero-order chi connectivity index (χ0) is 29.0. The molecule has 0 bridgehead atoms. The first-order valence-electron chi connectivity index (χ1n) is 11.9. The summed E-state index contributed by atoms with van der Waals surface area (Å²) in [5, 5.41) is 0. The highest BCUT2D eigenvalue weighted by Crippen LogP contribution is 2.35. The Kier molecular flexibility index (Phi) is 8.67. The normalized spacial score (nSPS) is 11.2. The third kappa shape index (κ3) is 6.56. The Bertz CT molecular complexity index is 1560. The molecule has 0 spiro atoms. The van der Waals surface area contributed by atoms with Crippen LogP contribution < -0.4 is 9.04 Å². The fraction of sp³-hybridized carbons (Fsp3) is 0.276. The number of carbonyl (C=O) groups is 2. The van der Waals surface area contributed by atoms with E-state index in [-0.39, 0.29) is 21.8 Å². The molecular weight excluding hydrogens is 520 g/mol. The Morgan fingerprint density at radius 3 is 2.21 bits per heavy atom. The molecule has 0 atom stereocenters. The molecule has 0 aliphatic rings. The predicted molar refractivity (Wildman–Crippen MR) is 146 cm³/mol. The van der Waals surface area contributed by atoms with Gasteiger partial charge in [-0.15, -0.1) is 0 Å². The molecule has 0 saturated heterocycles. The Labute approximate surface area is 228 Å². The van der Waals surface area contributed by atoms with Crippen molar-refractivity contribution in [1.82, 2.24) is 4.98 Å². The summed E-state index contributed by atoms with van der Waals surface area (Å²) in [7, 11) is -1.74. The largest absolute Gasteiger partial charge is 0.496 e. The number of benzene rings is 2. The van der Waals surface area contributed by atoms with Crippen LogP contribution in [0.1, 0.15) is 53.5 Å². The third-order valence-electron chi connectivity index (χ3n) is 5.61. The van der Waals surface area contributed by atoms with Crippen molar-refractivity contribution in [2.75, 3.05) is 18.5 Å². The van der Waals surface area contributed by atoms with Crippen LogP contribution in [-0.4, -0.2) is 45.3 Å². The molecule has 0 fully saturated rings. The van der Waals surface area contributed by atoms with Gasteiger partial charge in [0.05, 0.1) is 19.9 Å². The lowest BCUT2D eigenvalue weighted by atomic mass is 10.1. The molecule has 9 nitrogen and oxygen atoms in total. The summed E-state index contributed by atoms with van der Waals surface area (Å²) < 4.78 is 44.4. The zero-order valence-corrected chi connectivity index (χ0v) is 23.7. The van der Waals surface area contributed by atoms with Crippen LogP contribution in [0, 0.1) is 25.7 Å². The predicted octanol–water partition coefficient (Wildman–Crippen LogP) is 5.02. The number of esters is 1. The number of aromatic nitrogens is 1. The fourth-order valence-electron chi connectivity index (χ4n) is 3.58. The van der Waals surface area contributed by atoms with Crippen molar-refractivity contribution < 1.29 is 32.2 Å². The monoisotopic (exact) mass is 550 g/mol. The summed E-state index contributed by atoms with van der Waals surface area (Å²) in [5.74, 6) is 5.68. The third-order valence-corrected chi connectivity index (χ3v) is 7.35. The molecule has 1 heterocycles. The average molecular weight is 551 g/mol. The van der Waals surface area contributed by atoms with Gasteiger partial charge in [0, 0.05) is 17.3 Å². The molecule has 0 N–H and O–H groups in total. The van der Waals surface area contributed by atoms with E-state index in [1.807, 2.05) is 0 Å². The van der Waals surface area contributed by atoms with E-state index in [4.69, 9.17) is 9.47 Å². The van der Waals surface area contributed by atoms with Gasteiger partial charge >= 0.3 is 12.1 Å². The Morgan fingerprint density at radius 2 is 1.62 bits per heavy atom. The fourth-order valence-corrected chi connectivity index (χ4v) is 5.11. The van der Waals surface area contributed by atoms with E-state index in [9.17, 15) is 18.0 Å². The van der Waals surface area contributed by atoms with Crippen LogP contribution in [0.5, 0.6) is 5.75 Å². The summed E-state index contributed by atoms with van der Waals surface area (Å²) in [6.07, 6.45) is 0.327. The Balaban J connectivity index is 2.15. The number of hydrogen-bond donors (Lipinski definition) is 0. The number of carbonyl (C=O) groups excluding carboxylic acids is 2. The molecule has 10 heteroatoms. The molecule has 3 aromatic rings. The summed E-state index contributed by atoms with van der Waals surface area (Å²) in [6, 6.07) is 12.2. The first kappa shape index (κ1) is 29.2. The van der Waals surface area contributed by atoms with Crippen molar-refractivity contribution in [2.45, 2.75) is 45.1 Å². The molecule has 2 aromatic carbocycles. The number of pyridine rings is 1.